The number of nitroso groups, excluding NO2 is 1. The average molecular weight is 263 g/mol. The first-order valence-corrected chi connectivity index (χ1v) is 5.89. The minimum absolute atomic E-state index is 0. The van der Waals surface area contributed by atoms with Crippen molar-refractivity contribution >= 4 is 17.3 Å². The highest BCUT2D eigenvalue weighted by Crippen LogP contribution is 2.22. The van der Waals surface area contributed by atoms with Crippen molar-refractivity contribution in [1.82, 2.24) is 4.90 Å². The minimum atomic E-state index is -0.0371. The molecule has 1 fully saturated rings. The van der Waals surface area contributed by atoms with Crippen molar-refractivity contribution in [1.29, 1.82) is 0 Å². The summed E-state index contributed by atoms with van der Waals surface area (Å²) >= 11 is 0. The third-order valence-corrected chi connectivity index (χ3v) is 3.12. The van der Waals surface area contributed by atoms with E-state index in [1.807, 2.05) is 23.4 Å². The number of benzene rings is 1. The topological polar surface area (TPSA) is 84.6 Å². The van der Waals surface area contributed by atoms with Crippen LogP contribution >= 0.6 is 0 Å². The molecule has 6 heteroatoms. The zero-order valence-electron chi connectivity index (χ0n) is 10.6. The summed E-state index contributed by atoms with van der Waals surface area (Å²) < 4.78 is 0. The lowest BCUT2D eigenvalue weighted by Gasteiger charge is -2.35. The van der Waals surface area contributed by atoms with Crippen molar-refractivity contribution in [3.8, 4) is 0 Å². The van der Waals surface area contributed by atoms with Gasteiger partial charge in [-0.1, -0.05) is 18.7 Å². The van der Waals surface area contributed by atoms with Gasteiger partial charge in [0.15, 0.2) is 0 Å². The highest BCUT2D eigenvalue weighted by molar-refractivity contribution is 5.87. The molecule has 1 aliphatic heterocycles. The SMILES string of the molecule is C=CC(=O)N1CCN(c2ccccc2[NH+]=O)CC1.[OH-]. The summed E-state index contributed by atoms with van der Waals surface area (Å²) in [5.74, 6) is -0.0371. The van der Waals surface area contributed by atoms with E-state index in [-0.39, 0.29) is 11.4 Å². The molecule has 0 bridgehead atoms. The Morgan fingerprint density at radius 1 is 1.21 bits per heavy atom. The molecule has 1 saturated heterocycles. The molecule has 0 spiro atoms. The first-order valence-electron chi connectivity index (χ1n) is 5.89. The molecule has 2 rings (SSSR count). The van der Waals surface area contributed by atoms with Gasteiger partial charge in [0, 0.05) is 42.3 Å². The molecule has 1 aromatic carbocycles. The first-order chi connectivity index (χ1) is 8.76. The molecule has 0 saturated carbocycles. The van der Waals surface area contributed by atoms with Crippen LogP contribution in [0.15, 0.2) is 36.9 Å². The van der Waals surface area contributed by atoms with Gasteiger partial charge in [0.25, 0.3) is 5.69 Å². The maximum absolute atomic E-state index is 11.5. The molecular formula is C13H17N3O3. The van der Waals surface area contributed by atoms with Crippen LogP contribution in [0.1, 0.15) is 0 Å². The number of carbonyl (C=O) groups is 1. The van der Waals surface area contributed by atoms with Crippen molar-refractivity contribution < 1.29 is 15.4 Å². The smallest absolute Gasteiger partial charge is 0.276 e. The van der Waals surface area contributed by atoms with Crippen LogP contribution in [-0.2, 0) is 4.79 Å². The Labute approximate surface area is 111 Å². The molecule has 0 unspecified atom stereocenters. The van der Waals surface area contributed by atoms with Gasteiger partial charge in [0.1, 0.15) is 5.69 Å². The lowest BCUT2D eigenvalue weighted by atomic mass is 10.2. The standard InChI is InChI=1S/C13H15N3O2.H2O/c1-2-13(17)16-9-7-15(8-10-16)12-6-4-3-5-11(12)14-18;/h2-6H,1,7-10H2;1H2. The number of para-hydroxylation sites is 2. The molecule has 1 amide bonds. The van der Waals surface area contributed by atoms with Gasteiger partial charge >= 0.3 is 0 Å². The molecule has 0 aromatic heterocycles. The van der Waals surface area contributed by atoms with E-state index in [0.29, 0.717) is 18.8 Å². The molecule has 0 radical (unpaired) electrons. The number of anilines is 1. The van der Waals surface area contributed by atoms with Crippen molar-refractivity contribution in [2.45, 2.75) is 0 Å². The molecular weight excluding hydrogens is 246 g/mol. The van der Waals surface area contributed by atoms with Gasteiger partial charge in [-0.25, -0.2) is 0 Å². The first kappa shape index (κ1) is 14.8. The zero-order valence-corrected chi connectivity index (χ0v) is 10.6. The summed E-state index contributed by atoms with van der Waals surface area (Å²) in [5.41, 5.74) is 1.46. The Kier molecular flexibility index (Phi) is 5.20. The fourth-order valence-electron chi connectivity index (χ4n) is 2.13. The number of hydrogen-bond acceptors (Lipinski definition) is 4. The summed E-state index contributed by atoms with van der Waals surface area (Å²) in [6.07, 6.45) is 1.34. The average Bonchev–Trinajstić information content (AvgIpc) is 2.46. The number of piperazine rings is 1. The Bertz CT molecular complexity index is 468. The predicted octanol–water partition coefficient (Wildman–Crippen LogP) is -0.177. The van der Waals surface area contributed by atoms with E-state index >= 15 is 0 Å². The zero-order chi connectivity index (χ0) is 13.0. The quantitative estimate of drug-likeness (QED) is 0.767. The fourth-order valence-corrected chi connectivity index (χ4v) is 2.13. The molecule has 0 aliphatic carbocycles. The molecule has 19 heavy (non-hydrogen) atoms. The third-order valence-electron chi connectivity index (χ3n) is 3.12. The number of hydrogen-bond donors (Lipinski definition) is 1. The van der Waals surface area contributed by atoms with Crippen LogP contribution < -0.4 is 10.1 Å². The van der Waals surface area contributed by atoms with Crippen molar-refractivity contribution in [2.75, 3.05) is 31.1 Å². The second-order valence-corrected chi connectivity index (χ2v) is 4.14. The maximum Gasteiger partial charge on any atom is 0.276 e. The number of rotatable bonds is 3. The van der Waals surface area contributed by atoms with Crippen LogP contribution in [0.3, 0.4) is 0 Å². The van der Waals surface area contributed by atoms with Gasteiger partial charge in [0.2, 0.25) is 5.91 Å². The van der Waals surface area contributed by atoms with E-state index in [9.17, 15) is 9.70 Å². The van der Waals surface area contributed by atoms with E-state index in [0.717, 1.165) is 18.8 Å². The second-order valence-electron chi connectivity index (χ2n) is 4.14. The van der Waals surface area contributed by atoms with E-state index in [4.69, 9.17) is 0 Å². The Balaban J connectivity index is 0.00000180. The highest BCUT2D eigenvalue weighted by atomic mass is 16.3. The highest BCUT2D eigenvalue weighted by Gasteiger charge is 2.22. The van der Waals surface area contributed by atoms with Crippen molar-refractivity contribution in [2.24, 2.45) is 0 Å². The van der Waals surface area contributed by atoms with Gasteiger partial charge in [-0.3, -0.25) is 4.79 Å². The molecule has 1 heterocycles. The summed E-state index contributed by atoms with van der Waals surface area (Å²) in [4.78, 5) is 26.2. The van der Waals surface area contributed by atoms with E-state index in [1.165, 1.54) is 6.08 Å². The summed E-state index contributed by atoms with van der Waals surface area (Å²) in [6.45, 7) is 6.23. The van der Waals surface area contributed by atoms with Gasteiger partial charge in [-0.05, 0) is 12.1 Å². The largest absolute Gasteiger partial charge is 0.870 e. The summed E-state index contributed by atoms with van der Waals surface area (Å²) in [6, 6.07) is 7.38. The van der Waals surface area contributed by atoms with Crippen molar-refractivity contribution in [3.63, 3.8) is 0 Å². The Hall–Kier alpha value is -2.21. The summed E-state index contributed by atoms with van der Waals surface area (Å²) in [5, 5.41) is 1.95. The molecule has 0 atom stereocenters. The van der Waals surface area contributed by atoms with Crippen molar-refractivity contribution in [3.05, 3.63) is 41.8 Å². The van der Waals surface area contributed by atoms with E-state index in [1.54, 1.807) is 11.0 Å². The molecule has 1 aromatic rings. The minimum Gasteiger partial charge on any atom is -0.870 e. The Morgan fingerprint density at radius 3 is 2.42 bits per heavy atom. The lowest BCUT2D eigenvalue weighted by molar-refractivity contribution is -0.378. The molecule has 2 N–H and O–H groups in total. The number of nitrogens with one attached hydrogen (secondary N) is 1. The van der Waals surface area contributed by atoms with Gasteiger partial charge in [-0.15, -0.1) is 0 Å². The predicted molar refractivity (Wildman–Crippen MR) is 71.4 cm³/mol. The lowest BCUT2D eigenvalue weighted by Crippen LogP contribution is -2.57. The summed E-state index contributed by atoms with van der Waals surface area (Å²) in [7, 11) is 0. The fraction of sp³-hybridized carbons (Fsp3) is 0.308. The molecule has 6 nitrogen and oxygen atoms in total. The van der Waals surface area contributed by atoms with Gasteiger partial charge < -0.3 is 15.3 Å². The van der Waals surface area contributed by atoms with Crippen LogP contribution in [-0.4, -0.2) is 42.5 Å². The monoisotopic (exact) mass is 263 g/mol. The third kappa shape index (κ3) is 3.17. The number of nitrogens with zero attached hydrogens (tertiary/aromatic N) is 2. The van der Waals surface area contributed by atoms with E-state index in [2.05, 4.69) is 11.5 Å². The van der Waals surface area contributed by atoms with Gasteiger partial charge in [-0.2, -0.15) is 0 Å². The van der Waals surface area contributed by atoms with E-state index < -0.39 is 0 Å². The van der Waals surface area contributed by atoms with Crippen LogP contribution in [0.25, 0.3) is 0 Å². The van der Waals surface area contributed by atoms with Gasteiger partial charge in [0.05, 0.1) is 0 Å². The van der Waals surface area contributed by atoms with Crippen LogP contribution in [0.5, 0.6) is 0 Å². The molecule has 1 aliphatic rings. The maximum atomic E-state index is 11.5. The Morgan fingerprint density at radius 2 is 1.84 bits per heavy atom. The number of carbonyl (C=O) groups excluding carboxylic acids is 1. The normalized spacial score (nSPS) is 14.5. The molecule has 102 valence electrons. The van der Waals surface area contributed by atoms with Crippen LogP contribution in [0, 0.1) is 4.91 Å². The van der Waals surface area contributed by atoms with Crippen LogP contribution in [0.4, 0.5) is 11.4 Å². The number of amides is 1. The second kappa shape index (κ2) is 6.65. The van der Waals surface area contributed by atoms with Crippen LogP contribution in [0.2, 0.25) is 0 Å².